The summed E-state index contributed by atoms with van der Waals surface area (Å²) < 4.78 is 38.1. The van der Waals surface area contributed by atoms with Crippen molar-refractivity contribution in [3.63, 3.8) is 0 Å². The van der Waals surface area contributed by atoms with Crippen LogP contribution in [-0.2, 0) is 23.5 Å². The van der Waals surface area contributed by atoms with Gasteiger partial charge in [0.1, 0.15) is 17.7 Å². The fourth-order valence-electron chi connectivity index (χ4n) is 5.07. The number of carbonyl (C=O) groups is 1. The number of carbonyl (C=O) groups excluding carboxylic acids is 1. The van der Waals surface area contributed by atoms with E-state index in [0.29, 0.717) is 36.3 Å². The second-order valence-corrected chi connectivity index (χ2v) is 12.3. The van der Waals surface area contributed by atoms with Crippen LogP contribution in [0.1, 0.15) is 66.0 Å². The monoisotopic (exact) mass is 554 g/mol. The topological polar surface area (TPSA) is 141 Å². The Kier molecular flexibility index (Phi) is 8.15. The van der Waals surface area contributed by atoms with Gasteiger partial charge in [-0.25, -0.2) is 10.4 Å². The number of sulfonamides is 1. The van der Waals surface area contributed by atoms with Crippen LogP contribution < -0.4 is 21.3 Å². The molecular weight excluding hydrogens is 516 g/mol. The van der Waals surface area contributed by atoms with Crippen molar-refractivity contribution in [1.29, 1.82) is 0 Å². The zero-order valence-corrected chi connectivity index (χ0v) is 24.3. The maximum Gasteiger partial charge on any atom is 0.284 e. The van der Waals surface area contributed by atoms with Crippen LogP contribution in [-0.4, -0.2) is 48.3 Å². The summed E-state index contributed by atoms with van der Waals surface area (Å²) in [6.07, 6.45) is 3.72. The van der Waals surface area contributed by atoms with Crippen molar-refractivity contribution in [1.82, 2.24) is 20.4 Å². The Labute approximate surface area is 230 Å². The summed E-state index contributed by atoms with van der Waals surface area (Å²) in [6, 6.07) is 6.86. The minimum absolute atomic E-state index is 0.214. The number of nitrogens with one attached hydrogen (secondary N) is 2. The Morgan fingerprint density at radius 2 is 1.95 bits per heavy atom. The summed E-state index contributed by atoms with van der Waals surface area (Å²) >= 11 is 0. The number of para-hydroxylation sites is 2. The van der Waals surface area contributed by atoms with Gasteiger partial charge in [0.15, 0.2) is 5.82 Å². The first-order valence-corrected chi connectivity index (χ1v) is 14.6. The molecule has 1 atom stereocenters. The number of aromatic nitrogens is 2. The predicted molar refractivity (Wildman–Crippen MR) is 153 cm³/mol. The summed E-state index contributed by atoms with van der Waals surface area (Å²) in [5.74, 6) is 0.914. The number of ketones is 1. The lowest BCUT2D eigenvalue weighted by Gasteiger charge is -2.35. The number of fused-ring (bicyclic) bond motifs is 2. The molecule has 1 aliphatic rings. The van der Waals surface area contributed by atoms with E-state index in [1.165, 1.54) is 0 Å². The molecule has 0 amide bonds. The number of Topliss-reactive ketones (excluding diaryl/α,β-unsaturated/α-hetero) is 1. The van der Waals surface area contributed by atoms with E-state index in [4.69, 9.17) is 10.5 Å². The van der Waals surface area contributed by atoms with Gasteiger partial charge in [-0.2, -0.15) is 8.42 Å². The second kappa shape index (κ2) is 11.1. The molecule has 0 fully saturated rings. The highest BCUT2D eigenvalue weighted by molar-refractivity contribution is 7.90. The molecule has 210 valence electrons. The van der Waals surface area contributed by atoms with Crippen LogP contribution in [0.15, 0.2) is 33.6 Å². The Morgan fingerprint density at radius 3 is 2.67 bits per heavy atom. The van der Waals surface area contributed by atoms with Gasteiger partial charge < -0.3 is 20.5 Å². The number of ether oxygens (including phenoxy) is 1. The molecule has 0 spiro atoms. The highest BCUT2D eigenvalue weighted by Crippen LogP contribution is 2.42. The van der Waals surface area contributed by atoms with E-state index >= 15 is 0 Å². The molecule has 0 saturated carbocycles. The molecule has 2 aromatic carbocycles. The largest absolute Gasteiger partial charge is 0.487 e. The highest BCUT2D eigenvalue weighted by Gasteiger charge is 2.33. The number of nitrogens with zero attached hydrogens (tertiary/aromatic N) is 3. The smallest absolute Gasteiger partial charge is 0.284 e. The van der Waals surface area contributed by atoms with Gasteiger partial charge in [0.2, 0.25) is 5.78 Å². The Hall–Kier alpha value is -3.28. The van der Waals surface area contributed by atoms with Crippen LogP contribution in [0.2, 0.25) is 0 Å². The maximum atomic E-state index is 13.2. The molecule has 10 nitrogen and oxygen atoms in total. The maximum absolute atomic E-state index is 13.2. The van der Waals surface area contributed by atoms with E-state index < -0.39 is 16.1 Å². The molecule has 11 heteroatoms. The minimum Gasteiger partial charge on any atom is -0.487 e. The molecule has 1 aromatic heterocycles. The molecule has 1 aliphatic heterocycles. The van der Waals surface area contributed by atoms with Crippen molar-refractivity contribution in [2.24, 2.45) is 17.2 Å². The predicted octanol–water partition coefficient (Wildman–Crippen LogP) is 3.40. The average molecular weight is 555 g/mol. The third kappa shape index (κ3) is 5.85. The van der Waals surface area contributed by atoms with Gasteiger partial charge >= 0.3 is 0 Å². The van der Waals surface area contributed by atoms with Gasteiger partial charge in [0.25, 0.3) is 10.0 Å². The molecule has 0 unspecified atom stereocenters. The van der Waals surface area contributed by atoms with Gasteiger partial charge in [-0.3, -0.25) is 4.79 Å². The molecule has 0 aliphatic carbocycles. The molecular formula is C28H38N6O4S. The van der Waals surface area contributed by atoms with Crippen molar-refractivity contribution >= 4 is 33.2 Å². The molecule has 4 N–H and O–H groups in total. The summed E-state index contributed by atoms with van der Waals surface area (Å²) in [6.45, 7) is 10.0. The minimum atomic E-state index is -3.93. The lowest BCUT2D eigenvalue weighted by Crippen LogP contribution is -2.35. The van der Waals surface area contributed by atoms with Gasteiger partial charge in [0, 0.05) is 13.6 Å². The summed E-state index contributed by atoms with van der Waals surface area (Å²) in [4.78, 5) is 17.5. The third-order valence-electron chi connectivity index (χ3n) is 7.44. The number of hydrogen-bond donors (Lipinski definition) is 3. The Morgan fingerprint density at radius 1 is 1.23 bits per heavy atom. The van der Waals surface area contributed by atoms with Crippen LogP contribution in [0, 0.1) is 20.8 Å². The number of nitrogens with two attached hydrogens (primary N) is 1. The normalized spacial score (nSPS) is 15.8. The van der Waals surface area contributed by atoms with Crippen LogP contribution in [0.25, 0.3) is 11.0 Å². The van der Waals surface area contributed by atoms with E-state index in [9.17, 15) is 13.2 Å². The SMILES string of the molecule is Cc1c(C)c(S(=O)(=O)/N=C/NNCCC[C@@H](N)C(=O)c2nc3ccccc3n2C)c(C)c2c1OC(C)(C)CC2. The number of hydrazine groups is 1. The van der Waals surface area contributed by atoms with Gasteiger partial charge in [-0.15, -0.1) is 4.40 Å². The van der Waals surface area contributed by atoms with Crippen molar-refractivity contribution in [3.05, 3.63) is 52.3 Å². The van der Waals surface area contributed by atoms with E-state index in [-0.39, 0.29) is 16.3 Å². The molecule has 2 heterocycles. The Bertz CT molecular complexity index is 1540. The molecule has 0 bridgehead atoms. The number of hydrogen-bond acceptors (Lipinski definition) is 7. The molecule has 3 aromatic rings. The van der Waals surface area contributed by atoms with Crippen LogP contribution in [0.4, 0.5) is 0 Å². The fraction of sp³-hybridized carbons (Fsp3) is 0.464. The van der Waals surface area contributed by atoms with Crippen LogP contribution >= 0.6 is 0 Å². The number of imidazole rings is 1. The van der Waals surface area contributed by atoms with Crippen molar-refractivity contribution < 1.29 is 17.9 Å². The second-order valence-electron chi connectivity index (χ2n) is 10.8. The first-order valence-electron chi connectivity index (χ1n) is 13.1. The molecule has 39 heavy (non-hydrogen) atoms. The number of rotatable bonds is 10. The molecule has 4 rings (SSSR count). The fourth-order valence-corrected chi connectivity index (χ4v) is 6.42. The van der Waals surface area contributed by atoms with Gasteiger partial charge in [0.05, 0.1) is 22.0 Å². The standard InChI is InChI=1S/C28H38N6O4S/c1-17-18(2)26(19(3)20-13-14-28(4,5)38-25(17)20)39(36,37)32-16-31-30-15-9-10-21(29)24(35)27-33-22-11-7-8-12-23(22)34(27)6/h7-8,11-12,16,21,30H,9-10,13-15,29H2,1-6H3,(H,31,32)/t21-/m1/s1. The summed E-state index contributed by atoms with van der Waals surface area (Å²) in [5.41, 5.74) is 16.2. The third-order valence-corrected chi connectivity index (χ3v) is 8.95. The Balaban J connectivity index is 1.31. The molecule has 0 saturated heterocycles. The average Bonchev–Trinajstić information content (AvgIpc) is 3.22. The summed E-state index contributed by atoms with van der Waals surface area (Å²) in [7, 11) is -2.13. The van der Waals surface area contributed by atoms with E-state index in [2.05, 4.69) is 20.2 Å². The zero-order chi connectivity index (χ0) is 28.5. The lowest BCUT2D eigenvalue weighted by molar-refractivity contribution is 0.0831. The van der Waals surface area contributed by atoms with E-state index in [1.54, 1.807) is 18.5 Å². The van der Waals surface area contributed by atoms with Crippen molar-refractivity contribution in [2.75, 3.05) is 6.54 Å². The number of benzene rings is 2. The van der Waals surface area contributed by atoms with Crippen LogP contribution in [0.3, 0.4) is 0 Å². The first kappa shape index (κ1) is 28.7. The lowest BCUT2D eigenvalue weighted by atomic mass is 9.88. The summed E-state index contributed by atoms with van der Waals surface area (Å²) in [5, 5.41) is 0. The van der Waals surface area contributed by atoms with E-state index in [0.717, 1.165) is 47.1 Å². The van der Waals surface area contributed by atoms with Gasteiger partial charge in [-0.1, -0.05) is 12.1 Å². The zero-order valence-electron chi connectivity index (χ0n) is 23.5. The quantitative estimate of drug-likeness (QED) is 0.114. The number of aryl methyl sites for hydroxylation is 1. The van der Waals surface area contributed by atoms with E-state index in [1.807, 2.05) is 52.0 Å². The first-order chi connectivity index (χ1) is 18.3. The molecule has 0 radical (unpaired) electrons. The van der Waals surface area contributed by atoms with Gasteiger partial charge in [-0.05, 0) is 94.7 Å². The van der Waals surface area contributed by atoms with Crippen LogP contribution in [0.5, 0.6) is 5.75 Å². The highest BCUT2D eigenvalue weighted by atomic mass is 32.2. The van der Waals surface area contributed by atoms with Crippen molar-refractivity contribution in [3.8, 4) is 5.75 Å². The van der Waals surface area contributed by atoms with Crippen molar-refractivity contribution in [2.45, 2.75) is 76.8 Å².